The standard InChI is InChI=1S/C13H15F3O2/c14-13(15,16)9-17-11-7-3-4-8-12(11)18-10-5-1-2-6-10/h3-4,7-8,10H,1-2,5-6,9H2. The highest BCUT2D eigenvalue weighted by Crippen LogP contribution is 2.32. The number of halogens is 3. The smallest absolute Gasteiger partial charge is 0.422 e. The third kappa shape index (κ3) is 3.82. The molecule has 0 saturated heterocycles. The fourth-order valence-corrected chi connectivity index (χ4v) is 2.01. The Labute approximate surface area is 104 Å². The van der Waals surface area contributed by atoms with Crippen LogP contribution in [-0.2, 0) is 0 Å². The highest BCUT2D eigenvalue weighted by molar-refractivity contribution is 5.39. The third-order valence-corrected chi connectivity index (χ3v) is 2.84. The highest BCUT2D eigenvalue weighted by Gasteiger charge is 2.29. The largest absolute Gasteiger partial charge is 0.487 e. The summed E-state index contributed by atoms with van der Waals surface area (Å²) < 4.78 is 46.8. The van der Waals surface area contributed by atoms with Gasteiger partial charge >= 0.3 is 6.18 Å². The molecular formula is C13H15F3O2. The molecule has 0 aromatic heterocycles. The number of para-hydroxylation sites is 2. The lowest BCUT2D eigenvalue weighted by molar-refractivity contribution is -0.153. The Morgan fingerprint density at radius 2 is 1.67 bits per heavy atom. The fraction of sp³-hybridized carbons (Fsp3) is 0.538. The molecule has 0 unspecified atom stereocenters. The summed E-state index contributed by atoms with van der Waals surface area (Å²) >= 11 is 0. The van der Waals surface area contributed by atoms with E-state index < -0.39 is 12.8 Å². The van der Waals surface area contributed by atoms with Gasteiger partial charge in [-0.15, -0.1) is 0 Å². The first-order valence-electron chi connectivity index (χ1n) is 6.00. The number of hydrogen-bond acceptors (Lipinski definition) is 2. The highest BCUT2D eigenvalue weighted by atomic mass is 19.4. The van der Waals surface area contributed by atoms with Gasteiger partial charge in [-0.25, -0.2) is 0 Å². The molecule has 5 heteroatoms. The molecule has 18 heavy (non-hydrogen) atoms. The van der Waals surface area contributed by atoms with Crippen LogP contribution >= 0.6 is 0 Å². The van der Waals surface area contributed by atoms with Crippen LogP contribution in [0.4, 0.5) is 13.2 Å². The number of benzene rings is 1. The van der Waals surface area contributed by atoms with Gasteiger partial charge in [-0.3, -0.25) is 0 Å². The molecule has 0 radical (unpaired) electrons. The van der Waals surface area contributed by atoms with Gasteiger partial charge < -0.3 is 9.47 Å². The minimum Gasteiger partial charge on any atom is -0.487 e. The van der Waals surface area contributed by atoms with Gasteiger partial charge in [-0.2, -0.15) is 13.2 Å². The normalized spacial score (nSPS) is 16.8. The van der Waals surface area contributed by atoms with Crippen molar-refractivity contribution >= 4 is 0 Å². The second-order valence-electron chi connectivity index (χ2n) is 4.37. The van der Waals surface area contributed by atoms with Gasteiger partial charge in [-0.1, -0.05) is 12.1 Å². The lowest BCUT2D eigenvalue weighted by atomic mass is 10.3. The van der Waals surface area contributed by atoms with Crippen LogP contribution in [-0.4, -0.2) is 18.9 Å². The molecule has 0 bridgehead atoms. The van der Waals surface area contributed by atoms with E-state index in [1.165, 1.54) is 6.07 Å². The zero-order valence-corrected chi connectivity index (χ0v) is 9.87. The molecule has 1 fully saturated rings. The Morgan fingerprint density at radius 1 is 1.06 bits per heavy atom. The molecule has 0 atom stereocenters. The van der Waals surface area contributed by atoms with E-state index in [1.807, 2.05) is 0 Å². The monoisotopic (exact) mass is 260 g/mol. The Morgan fingerprint density at radius 3 is 2.28 bits per heavy atom. The number of rotatable bonds is 4. The molecule has 1 saturated carbocycles. The Balaban J connectivity index is 2.00. The molecule has 1 aromatic rings. The Hall–Kier alpha value is -1.39. The predicted molar refractivity (Wildman–Crippen MR) is 60.9 cm³/mol. The van der Waals surface area contributed by atoms with E-state index >= 15 is 0 Å². The maximum Gasteiger partial charge on any atom is 0.422 e. The summed E-state index contributed by atoms with van der Waals surface area (Å²) in [6, 6.07) is 6.50. The first-order chi connectivity index (χ1) is 8.54. The van der Waals surface area contributed by atoms with Crippen LogP contribution in [0.25, 0.3) is 0 Å². The van der Waals surface area contributed by atoms with E-state index in [4.69, 9.17) is 9.47 Å². The van der Waals surface area contributed by atoms with Crippen LogP contribution in [0.1, 0.15) is 25.7 Å². The maximum absolute atomic E-state index is 12.1. The molecule has 2 rings (SSSR count). The van der Waals surface area contributed by atoms with E-state index in [1.54, 1.807) is 18.2 Å². The van der Waals surface area contributed by atoms with E-state index in [-0.39, 0.29) is 11.9 Å². The molecule has 1 aliphatic rings. The van der Waals surface area contributed by atoms with Crippen molar-refractivity contribution in [2.45, 2.75) is 38.0 Å². The minimum atomic E-state index is -4.33. The summed E-state index contributed by atoms with van der Waals surface area (Å²) in [7, 11) is 0. The average molecular weight is 260 g/mol. The molecule has 100 valence electrons. The Kier molecular flexibility index (Phi) is 3.99. The molecule has 0 N–H and O–H groups in total. The second-order valence-corrected chi connectivity index (χ2v) is 4.37. The molecule has 0 heterocycles. The SMILES string of the molecule is FC(F)(F)COc1ccccc1OC1CCCC1. The van der Waals surface area contributed by atoms with Gasteiger partial charge in [0.2, 0.25) is 0 Å². The van der Waals surface area contributed by atoms with Crippen molar-refractivity contribution < 1.29 is 22.6 Å². The molecule has 2 nitrogen and oxygen atoms in total. The number of hydrogen-bond donors (Lipinski definition) is 0. The van der Waals surface area contributed by atoms with Crippen LogP contribution < -0.4 is 9.47 Å². The van der Waals surface area contributed by atoms with Crippen molar-refractivity contribution in [1.29, 1.82) is 0 Å². The van der Waals surface area contributed by atoms with Crippen LogP contribution in [0.5, 0.6) is 11.5 Å². The summed E-state index contributed by atoms with van der Waals surface area (Å²) in [5.41, 5.74) is 0. The lowest BCUT2D eigenvalue weighted by Crippen LogP contribution is -2.20. The minimum absolute atomic E-state index is 0.0978. The van der Waals surface area contributed by atoms with Gasteiger partial charge in [0, 0.05) is 0 Å². The predicted octanol–water partition coefficient (Wildman–Crippen LogP) is 3.95. The van der Waals surface area contributed by atoms with Gasteiger partial charge in [0.1, 0.15) is 0 Å². The molecule has 0 aliphatic heterocycles. The molecule has 1 aliphatic carbocycles. The van der Waals surface area contributed by atoms with Gasteiger partial charge in [-0.05, 0) is 37.8 Å². The van der Waals surface area contributed by atoms with Gasteiger partial charge in [0.25, 0.3) is 0 Å². The lowest BCUT2D eigenvalue weighted by Gasteiger charge is -2.17. The first-order valence-corrected chi connectivity index (χ1v) is 6.00. The van der Waals surface area contributed by atoms with Crippen LogP contribution in [0.3, 0.4) is 0 Å². The van der Waals surface area contributed by atoms with Crippen molar-refractivity contribution in [3.63, 3.8) is 0 Å². The quantitative estimate of drug-likeness (QED) is 0.816. The molecule has 0 spiro atoms. The van der Waals surface area contributed by atoms with Gasteiger partial charge in [0.15, 0.2) is 18.1 Å². The topological polar surface area (TPSA) is 18.5 Å². The molecule has 1 aromatic carbocycles. The van der Waals surface area contributed by atoms with Crippen molar-refractivity contribution in [2.24, 2.45) is 0 Å². The molecule has 0 amide bonds. The van der Waals surface area contributed by atoms with Crippen LogP contribution in [0, 0.1) is 0 Å². The zero-order chi connectivity index (χ0) is 13.0. The third-order valence-electron chi connectivity index (χ3n) is 2.84. The van der Waals surface area contributed by atoms with Crippen LogP contribution in [0.15, 0.2) is 24.3 Å². The van der Waals surface area contributed by atoms with E-state index in [0.717, 1.165) is 25.7 Å². The van der Waals surface area contributed by atoms with E-state index in [2.05, 4.69) is 0 Å². The number of ether oxygens (including phenoxy) is 2. The first kappa shape index (κ1) is 13.1. The number of alkyl halides is 3. The summed E-state index contributed by atoms with van der Waals surface area (Å²) in [5, 5.41) is 0. The van der Waals surface area contributed by atoms with Crippen molar-refractivity contribution in [3.05, 3.63) is 24.3 Å². The second kappa shape index (κ2) is 5.50. The zero-order valence-electron chi connectivity index (χ0n) is 9.87. The summed E-state index contributed by atoms with van der Waals surface area (Å²) in [6.45, 7) is -1.29. The maximum atomic E-state index is 12.1. The summed E-state index contributed by atoms with van der Waals surface area (Å²) in [5.74, 6) is 0.551. The molecular weight excluding hydrogens is 245 g/mol. The Bertz CT molecular complexity index is 384. The van der Waals surface area contributed by atoms with E-state index in [9.17, 15) is 13.2 Å². The van der Waals surface area contributed by atoms with Gasteiger partial charge in [0.05, 0.1) is 6.10 Å². The van der Waals surface area contributed by atoms with Crippen molar-refractivity contribution in [3.8, 4) is 11.5 Å². The van der Waals surface area contributed by atoms with E-state index in [0.29, 0.717) is 5.75 Å². The summed E-state index contributed by atoms with van der Waals surface area (Å²) in [4.78, 5) is 0. The average Bonchev–Trinajstić information content (AvgIpc) is 2.80. The van der Waals surface area contributed by atoms with Crippen molar-refractivity contribution in [1.82, 2.24) is 0 Å². The summed E-state index contributed by atoms with van der Waals surface area (Å²) in [6.07, 6.45) is -0.116. The van der Waals surface area contributed by atoms with Crippen LogP contribution in [0.2, 0.25) is 0 Å². The fourth-order valence-electron chi connectivity index (χ4n) is 2.01. The van der Waals surface area contributed by atoms with Crippen molar-refractivity contribution in [2.75, 3.05) is 6.61 Å².